The van der Waals surface area contributed by atoms with E-state index >= 15 is 0 Å². The smallest absolute Gasteiger partial charge is 0.124 e. The SMILES string of the molecule is ClCc1sc(-c2ccccc2)nc1-c1ccccc1. The van der Waals surface area contributed by atoms with Crippen LogP contribution >= 0.6 is 22.9 Å². The number of rotatable bonds is 3. The van der Waals surface area contributed by atoms with Gasteiger partial charge >= 0.3 is 0 Å². The van der Waals surface area contributed by atoms with Gasteiger partial charge < -0.3 is 0 Å². The fourth-order valence-corrected chi connectivity index (χ4v) is 3.20. The van der Waals surface area contributed by atoms with Crippen LogP contribution in [0.1, 0.15) is 4.88 Å². The van der Waals surface area contributed by atoms with Crippen LogP contribution in [0.25, 0.3) is 21.8 Å². The molecule has 0 aliphatic heterocycles. The van der Waals surface area contributed by atoms with E-state index in [4.69, 9.17) is 16.6 Å². The summed E-state index contributed by atoms with van der Waals surface area (Å²) in [5, 5.41) is 1.02. The van der Waals surface area contributed by atoms with Crippen LogP contribution in [0, 0.1) is 0 Å². The number of hydrogen-bond donors (Lipinski definition) is 0. The van der Waals surface area contributed by atoms with Gasteiger partial charge in [0.1, 0.15) is 5.01 Å². The Hall–Kier alpha value is -1.64. The molecule has 0 N–H and O–H groups in total. The van der Waals surface area contributed by atoms with Gasteiger partial charge in [-0.15, -0.1) is 22.9 Å². The molecule has 0 amide bonds. The molecule has 2 aromatic carbocycles. The van der Waals surface area contributed by atoms with Gasteiger partial charge in [-0.2, -0.15) is 0 Å². The molecular weight excluding hydrogens is 274 g/mol. The Kier molecular flexibility index (Phi) is 3.62. The fourth-order valence-electron chi connectivity index (χ4n) is 1.97. The summed E-state index contributed by atoms with van der Waals surface area (Å²) in [6.45, 7) is 0. The summed E-state index contributed by atoms with van der Waals surface area (Å²) in [5.41, 5.74) is 3.26. The van der Waals surface area contributed by atoms with Gasteiger partial charge in [-0.1, -0.05) is 60.7 Å². The first-order valence-corrected chi connectivity index (χ1v) is 7.40. The number of nitrogens with zero attached hydrogens (tertiary/aromatic N) is 1. The van der Waals surface area contributed by atoms with Crippen molar-refractivity contribution in [3.8, 4) is 21.8 Å². The molecule has 94 valence electrons. The van der Waals surface area contributed by atoms with Gasteiger partial charge in [0.15, 0.2) is 0 Å². The highest BCUT2D eigenvalue weighted by Gasteiger charge is 2.13. The number of halogens is 1. The topological polar surface area (TPSA) is 12.9 Å². The minimum atomic E-state index is 0.495. The minimum absolute atomic E-state index is 0.495. The van der Waals surface area contributed by atoms with Gasteiger partial charge in [0.25, 0.3) is 0 Å². The zero-order chi connectivity index (χ0) is 13.1. The Bertz CT molecular complexity index is 662. The summed E-state index contributed by atoms with van der Waals surface area (Å²) >= 11 is 7.72. The molecule has 1 heterocycles. The summed E-state index contributed by atoms with van der Waals surface area (Å²) in [7, 11) is 0. The normalized spacial score (nSPS) is 10.6. The second kappa shape index (κ2) is 5.55. The highest BCUT2D eigenvalue weighted by molar-refractivity contribution is 7.15. The van der Waals surface area contributed by atoms with Gasteiger partial charge in [0.2, 0.25) is 0 Å². The maximum absolute atomic E-state index is 6.05. The third kappa shape index (κ3) is 2.55. The predicted octanol–water partition coefficient (Wildman–Crippen LogP) is 5.22. The molecule has 1 aromatic heterocycles. The highest BCUT2D eigenvalue weighted by atomic mass is 35.5. The summed E-state index contributed by atoms with van der Waals surface area (Å²) in [6, 6.07) is 20.4. The largest absolute Gasteiger partial charge is 0.236 e. The first-order chi connectivity index (χ1) is 9.38. The lowest BCUT2D eigenvalue weighted by Crippen LogP contribution is -1.82. The van der Waals surface area contributed by atoms with Crippen molar-refractivity contribution in [2.45, 2.75) is 5.88 Å². The van der Waals surface area contributed by atoms with E-state index in [-0.39, 0.29) is 0 Å². The van der Waals surface area contributed by atoms with Gasteiger partial charge in [0, 0.05) is 16.0 Å². The summed E-state index contributed by atoms with van der Waals surface area (Å²) in [4.78, 5) is 5.87. The molecular formula is C16H12ClNS. The van der Waals surface area contributed by atoms with Crippen molar-refractivity contribution in [3.63, 3.8) is 0 Å². The molecule has 0 atom stereocenters. The Morgan fingerprint density at radius 1 is 0.842 bits per heavy atom. The second-order valence-electron chi connectivity index (χ2n) is 4.16. The van der Waals surface area contributed by atoms with Crippen LogP contribution in [0.4, 0.5) is 0 Å². The Balaban J connectivity index is 2.09. The Morgan fingerprint density at radius 2 is 1.42 bits per heavy atom. The van der Waals surface area contributed by atoms with Crippen molar-refractivity contribution in [2.75, 3.05) is 0 Å². The van der Waals surface area contributed by atoms with Crippen molar-refractivity contribution < 1.29 is 0 Å². The van der Waals surface area contributed by atoms with Crippen LogP contribution in [-0.2, 0) is 5.88 Å². The lowest BCUT2D eigenvalue weighted by molar-refractivity contribution is 1.35. The van der Waals surface area contributed by atoms with E-state index in [0.29, 0.717) is 5.88 Å². The average molecular weight is 286 g/mol. The van der Waals surface area contributed by atoms with E-state index in [1.54, 1.807) is 11.3 Å². The van der Waals surface area contributed by atoms with Crippen molar-refractivity contribution in [1.82, 2.24) is 4.98 Å². The first-order valence-electron chi connectivity index (χ1n) is 6.05. The third-order valence-electron chi connectivity index (χ3n) is 2.89. The maximum atomic E-state index is 6.05. The third-order valence-corrected chi connectivity index (χ3v) is 4.42. The van der Waals surface area contributed by atoms with Crippen LogP contribution in [0.15, 0.2) is 60.7 Å². The molecule has 3 rings (SSSR count). The molecule has 3 heteroatoms. The molecule has 0 saturated carbocycles. The minimum Gasteiger partial charge on any atom is -0.236 e. The van der Waals surface area contributed by atoms with Gasteiger partial charge in [-0.25, -0.2) is 4.98 Å². The number of aromatic nitrogens is 1. The first kappa shape index (κ1) is 12.4. The number of hydrogen-bond acceptors (Lipinski definition) is 2. The molecule has 0 aliphatic rings. The van der Waals surface area contributed by atoms with E-state index < -0.39 is 0 Å². The summed E-state index contributed by atoms with van der Waals surface area (Å²) < 4.78 is 0. The standard InChI is InChI=1S/C16H12ClNS/c17-11-14-15(12-7-3-1-4-8-12)18-16(19-14)13-9-5-2-6-10-13/h1-10H,11H2. The average Bonchev–Trinajstić information content (AvgIpc) is 2.93. The zero-order valence-corrected chi connectivity index (χ0v) is 11.8. The lowest BCUT2D eigenvalue weighted by Gasteiger charge is -1.98. The highest BCUT2D eigenvalue weighted by Crippen LogP contribution is 2.34. The van der Waals surface area contributed by atoms with E-state index in [0.717, 1.165) is 26.7 Å². The van der Waals surface area contributed by atoms with Crippen LogP contribution in [0.5, 0.6) is 0 Å². The predicted molar refractivity (Wildman–Crippen MR) is 82.5 cm³/mol. The van der Waals surface area contributed by atoms with Gasteiger partial charge in [0.05, 0.1) is 11.6 Å². The maximum Gasteiger partial charge on any atom is 0.124 e. The van der Waals surface area contributed by atoms with E-state index in [2.05, 4.69) is 24.3 Å². The number of thiazole rings is 1. The van der Waals surface area contributed by atoms with Crippen molar-refractivity contribution >= 4 is 22.9 Å². The molecule has 0 unspecified atom stereocenters. The Labute approximate surface area is 121 Å². The number of alkyl halides is 1. The van der Waals surface area contributed by atoms with Crippen molar-refractivity contribution in [3.05, 3.63) is 65.5 Å². The quantitative estimate of drug-likeness (QED) is 0.602. The summed E-state index contributed by atoms with van der Waals surface area (Å²) in [6.07, 6.45) is 0. The van der Waals surface area contributed by atoms with Crippen LogP contribution in [0.3, 0.4) is 0 Å². The molecule has 0 aliphatic carbocycles. The molecule has 0 saturated heterocycles. The Morgan fingerprint density at radius 3 is 2.00 bits per heavy atom. The van der Waals surface area contributed by atoms with E-state index in [1.165, 1.54) is 0 Å². The molecule has 0 fully saturated rings. The summed E-state index contributed by atoms with van der Waals surface area (Å²) in [5.74, 6) is 0.495. The van der Waals surface area contributed by atoms with Gasteiger partial charge in [-0.05, 0) is 0 Å². The lowest BCUT2D eigenvalue weighted by atomic mass is 10.1. The molecule has 1 nitrogen and oxygen atoms in total. The monoisotopic (exact) mass is 285 g/mol. The van der Waals surface area contributed by atoms with Gasteiger partial charge in [-0.3, -0.25) is 0 Å². The molecule has 0 radical (unpaired) electrons. The molecule has 0 spiro atoms. The molecule has 0 bridgehead atoms. The fraction of sp³-hybridized carbons (Fsp3) is 0.0625. The second-order valence-corrected chi connectivity index (χ2v) is 5.51. The van der Waals surface area contributed by atoms with Crippen LogP contribution < -0.4 is 0 Å². The molecule has 19 heavy (non-hydrogen) atoms. The number of benzene rings is 2. The van der Waals surface area contributed by atoms with Crippen molar-refractivity contribution in [1.29, 1.82) is 0 Å². The zero-order valence-electron chi connectivity index (χ0n) is 10.2. The van der Waals surface area contributed by atoms with Crippen LogP contribution in [0.2, 0.25) is 0 Å². The van der Waals surface area contributed by atoms with Crippen molar-refractivity contribution in [2.24, 2.45) is 0 Å². The van der Waals surface area contributed by atoms with E-state index in [1.807, 2.05) is 36.4 Å². The van der Waals surface area contributed by atoms with Crippen LogP contribution in [-0.4, -0.2) is 4.98 Å². The van der Waals surface area contributed by atoms with E-state index in [9.17, 15) is 0 Å². The molecule has 3 aromatic rings.